The van der Waals surface area contributed by atoms with Gasteiger partial charge in [0.25, 0.3) is 0 Å². The molecule has 0 saturated carbocycles. The Hall–Kier alpha value is -2.34. The molecule has 0 aromatic heterocycles. The number of cyclic esters (lactones) is 1. The maximum absolute atomic E-state index is 12.1. The standard InChI is InChI=1S/C20H16Cl2N2O3/c21-16-6-3-14(12-17(16)22)19-23-18(20(25)27-19)11-13-1-4-15(5-2-13)24-7-9-26-10-8-24/h1-6,11-12H,7-10H2/b18-11-. The smallest absolute Gasteiger partial charge is 0.363 e. The van der Waals surface area contributed by atoms with Crippen molar-refractivity contribution in [2.75, 3.05) is 31.2 Å². The third kappa shape index (κ3) is 4.00. The number of aliphatic imine (C=N–C) groups is 1. The van der Waals surface area contributed by atoms with Crippen LogP contribution in [-0.2, 0) is 14.3 Å². The van der Waals surface area contributed by atoms with Crippen LogP contribution in [0, 0.1) is 0 Å². The summed E-state index contributed by atoms with van der Waals surface area (Å²) in [5.74, 6) is -0.275. The van der Waals surface area contributed by atoms with Crippen molar-refractivity contribution in [1.82, 2.24) is 0 Å². The van der Waals surface area contributed by atoms with Gasteiger partial charge in [0, 0.05) is 24.3 Å². The van der Waals surface area contributed by atoms with Crippen LogP contribution in [0.5, 0.6) is 0 Å². The molecule has 2 heterocycles. The van der Waals surface area contributed by atoms with Crippen molar-refractivity contribution in [3.8, 4) is 0 Å². The highest BCUT2D eigenvalue weighted by molar-refractivity contribution is 6.42. The number of carbonyl (C=O) groups excluding carboxylic acids is 1. The second kappa shape index (κ2) is 7.72. The van der Waals surface area contributed by atoms with Gasteiger partial charge in [0.1, 0.15) is 0 Å². The third-order valence-electron chi connectivity index (χ3n) is 4.36. The molecular weight excluding hydrogens is 387 g/mol. The number of rotatable bonds is 3. The summed E-state index contributed by atoms with van der Waals surface area (Å²) in [6, 6.07) is 12.9. The Bertz CT molecular complexity index is 933. The van der Waals surface area contributed by atoms with E-state index in [1.807, 2.05) is 24.3 Å². The van der Waals surface area contributed by atoms with Gasteiger partial charge in [-0.3, -0.25) is 0 Å². The van der Waals surface area contributed by atoms with E-state index in [1.165, 1.54) is 0 Å². The fourth-order valence-electron chi connectivity index (χ4n) is 2.92. The molecule has 4 rings (SSSR count). The highest BCUT2D eigenvalue weighted by Crippen LogP contribution is 2.26. The monoisotopic (exact) mass is 402 g/mol. The fraction of sp³-hybridized carbons (Fsp3) is 0.200. The van der Waals surface area contributed by atoms with Crippen molar-refractivity contribution >= 4 is 46.8 Å². The van der Waals surface area contributed by atoms with Crippen LogP contribution in [0.2, 0.25) is 10.0 Å². The van der Waals surface area contributed by atoms with Crippen LogP contribution in [-0.4, -0.2) is 38.2 Å². The Kier molecular flexibility index (Phi) is 5.16. The van der Waals surface area contributed by atoms with Crippen molar-refractivity contribution in [2.45, 2.75) is 0 Å². The lowest BCUT2D eigenvalue weighted by molar-refractivity contribution is -0.129. The van der Waals surface area contributed by atoms with Gasteiger partial charge in [0.2, 0.25) is 5.90 Å². The third-order valence-corrected chi connectivity index (χ3v) is 5.10. The number of esters is 1. The number of morpholine rings is 1. The van der Waals surface area contributed by atoms with Crippen molar-refractivity contribution in [3.63, 3.8) is 0 Å². The van der Waals surface area contributed by atoms with Crippen molar-refractivity contribution < 1.29 is 14.3 Å². The molecule has 2 aliphatic heterocycles. The number of hydrogen-bond acceptors (Lipinski definition) is 5. The van der Waals surface area contributed by atoms with Gasteiger partial charge in [-0.1, -0.05) is 35.3 Å². The number of carbonyl (C=O) groups is 1. The molecule has 0 radical (unpaired) electrons. The van der Waals surface area contributed by atoms with Crippen LogP contribution in [0.4, 0.5) is 5.69 Å². The molecule has 0 bridgehead atoms. The van der Waals surface area contributed by atoms with Crippen LogP contribution in [0.15, 0.2) is 53.2 Å². The van der Waals surface area contributed by atoms with Crippen molar-refractivity contribution in [3.05, 3.63) is 69.3 Å². The molecule has 0 atom stereocenters. The first-order valence-electron chi connectivity index (χ1n) is 8.51. The first kappa shape index (κ1) is 18.0. The predicted molar refractivity (Wildman–Crippen MR) is 107 cm³/mol. The zero-order valence-corrected chi connectivity index (χ0v) is 15.8. The average molecular weight is 403 g/mol. The predicted octanol–water partition coefficient (Wildman–Crippen LogP) is 4.17. The van der Waals surface area contributed by atoms with E-state index in [9.17, 15) is 4.79 Å². The Morgan fingerprint density at radius 3 is 2.44 bits per heavy atom. The lowest BCUT2D eigenvalue weighted by Gasteiger charge is -2.28. The zero-order valence-electron chi connectivity index (χ0n) is 14.3. The van der Waals surface area contributed by atoms with Crippen molar-refractivity contribution in [2.24, 2.45) is 4.99 Å². The van der Waals surface area contributed by atoms with E-state index >= 15 is 0 Å². The van der Waals surface area contributed by atoms with Gasteiger partial charge in [-0.2, -0.15) is 0 Å². The molecule has 0 unspecified atom stereocenters. The second-order valence-corrected chi connectivity index (χ2v) is 6.97. The number of benzene rings is 2. The van der Waals surface area contributed by atoms with E-state index in [2.05, 4.69) is 9.89 Å². The summed E-state index contributed by atoms with van der Waals surface area (Å²) in [4.78, 5) is 18.7. The topological polar surface area (TPSA) is 51.1 Å². The molecule has 0 aliphatic carbocycles. The van der Waals surface area contributed by atoms with Gasteiger partial charge in [0.05, 0.1) is 23.3 Å². The largest absolute Gasteiger partial charge is 0.402 e. The van der Waals surface area contributed by atoms with Crippen LogP contribution >= 0.6 is 23.2 Å². The summed E-state index contributed by atoms with van der Waals surface area (Å²) in [6.07, 6.45) is 1.70. The molecule has 1 fully saturated rings. The molecular formula is C20H16Cl2N2O3. The number of hydrogen-bond donors (Lipinski definition) is 0. The minimum Gasteiger partial charge on any atom is -0.402 e. The molecule has 1 saturated heterocycles. The molecule has 2 aromatic rings. The van der Waals surface area contributed by atoms with Gasteiger partial charge < -0.3 is 14.4 Å². The first-order chi connectivity index (χ1) is 13.1. The van der Waals surface area contributed by atoms with E-state index in [4.69, 9.17) is 32.7 Å². The molecule has 138 valence electrons. The van der Waals surface area contributed by atoms with E-state index in [0.29, 0.717) is 15.6 Å². The Morgan fingerprint density at radius 2 is 1.74 bits per heavy atom. The van der Waals surface area contributed by atoms with E-state index in [1.54, 1.807) is 24.3 Å². The first-order valence-corrected chi connectivity index (χ1v) is 9.26. The Morgan fingerprint density at radius 1 is 1.00 bits per heavy atom. The maximum Gasteiger partial charge on any atom is 0.363 e. The lowest BCUT2D eigenvalue weighted by Crippen LogP contribution is -2.36. The van der Waals surface area contributed by atoms with Gasteiger partial charge in [0.15, 0.2) is 5.70 Å². The molecule has 0 spiro atoms. The quantitative estimate of drug-likeness (QED) is 0.570. The summed E-state index contributed by atoms with van der Waals surface area (Å²) in [7, 11) is 0. The summed E-state index contributed by atoms with van der Waals surface area (Å²) in [5.41, 5.74) is 2.85. The van der Waals surface area contributed by atoms with Crippen LogP contribution in [0.3, 0.4) is 0 Å². The highest BCUT2D eigenvalue weighted by Gasteiger charge is 2.24. The normalized spacial score (nSPS) is 18.6. The minimum atomic E-state index is -0.492. The van der Waals surface area contributed by atoms with Crippen LogP contribution in [0.1, 0.15) is 11.1 Å². The number of ether oxygens (including phenoxy) is 2. The van der Waals surface area contributed by atoms with Crippen LogP contribution in [0.25, 0.3) is 6.08 Å². The van der Waals surface area contributed by atoms with Crippen molar-refractivity contribution in [1.29, 1.82) is 0 Å². The fourth-order valence-corrected chi connectivity index (χ4v) is 3.22. The van der Waals surface area contributed by atoms with E-state index < -0.39 is 5.97 Å². The average Bonchev–Trinajstić information content (AvgIpc) is 3.06. The Balaban J connectivity index is 1.55. The minimum absolute atomic E-state index is 0.217. The lowest BCUT2D eigenvalue weighted by atomic mass is 10.1. The van der Waals surface area contributed by atoms with E-state index in [-0.39, 0.29) is 11.6 Å². The molecule has 2 aromatic carbocycles. The van der Waals surface area contributed by atoms with Gasteiger partial charge in [-0.25, -0.2) is 9.79 Å². The summed E-state index contributed by atoms with van der Waals surface area (Å²) < 4.78 is 10.6. The highest BCUT2D eigenvalue weighted by atomic mass is 35.5. The number of anilines is 1. The van der Waals surface area contributed by atoms with Gasteiger partial charge in [-0.05, 0) is 42.0 Å². The summed E-state index contributed by atoms with van der Waals surface area (Å²) >= 11 is 11.9. The Labute approximate surface area is 166 Å². The molecule has 5 nitrogen and oxygen atoms in total. The van der Waals surface area contributed by atoms with Gasteiger partial charge in [-0.15, -0.1) is 0 Å². The second-order valence-electron chi connectivity index (χ2n) is 6.16. The molecule has 0 N–H and O–H groups in total. The molecule has 0 amide bonds. The van der Waals surface area contributed by atoms with Crippen LogP contribution < -0.4 is 4.90 Å². The maximum atomic E-state index is 12.1. The van der Waals surface area contributed by atoms with Gasteiger partial charge >= 0.3 is 5.97 Å². The molecule has 7 heteroatoms. The molecule has 2 aliphatic rings. The van der Waals surface area contributed by atoms with E-state index in [0.717, 1.165) is 37.6 Å². The SMILES string of the molecule is O=C1OC(c2ccc(Cl)c(Cl)c2)=N/C1=C\c1ccc(N2CCOCC2)cc1. The molecule has 27 heavy (non-hydrogen) atoms. The summed E-state index contributed by atoms with van der Waals surface area (Å²) in [6.45, 7) is 3.24. The zero-order chi connectivity index (χ0) is 18.8. The summed E-state index contributed by atoms with van der Waals surface area (Å²) in [5, 5.41) is 0.811. The number of nitrogens with zero attached hydrogens (tertiary/aromatic N) is 2. The number of halogens is 2.